The molecule has 0 saturated heterocycles. The molecule has 0 bridgehead atoms. The van der Waals surface area contributed by atoms with Crippen molar-refractivity contribution in [3.8, 4) is 11.5 Å². The number of hydrogen-bond acceptors (Lipinski definition) is 6. The standard InChI is InChI=1S/C33H37N3O5/c1-5-40-32(38)29-30(24-15-16-27(28(21-24)39-4)41-20-18-22(2)3)36-26-14-10-9-13-25(26)34-33(36)35(31(29)37)19-17-23-11-7-6-8-12-23/h6-16,21-22,29-30H,5,17-20H2,1-4H3/t29-,30+/m1/s1. The average Bonchev–Trinajstić information content (AvgIpc) is 3.36. The molecule has 0 fully saturated rings. The molecule has 2 heterocycles. The summed E-state index contributed by atoms with van der Waals surface area (Å²) in [4.78, 5) is 34.3. The zero-order valence-corrected chi connectivity index (χ0v) is 24.1. The minimum atomic E-state index is -1.10. The van der Waals surface area contributed by atoms with Crippen LogP contribution in [0.4, 0.5) is 5.95 Å². The van der Waals surface area contributed by atoms with Gasteiger partial charge in [0.2, 0.25) is 11.9 Å². The average molecular weight is 556 g/mol. The van der Waals surface area contributed by atoms with Crippen molar-refractivity contribution in [2.45, 2.75) is 39.7 Å². The molecule has 1 aromatic heterocycles. The maximum absolute atomic E-state index is 14.2. The Hall–Kier alpha value is -4.33. The van der Waals surface area contributed by atoms with Crippen LogP contribution in [0.1, 0.15) is 44.4 Å². The molecule has 3 aromatic carbocycles. The van der Waals surface area contributed by atoms with E-state index >= 15 is 0 Å². The van der Waals surface area contributed by atoms with Gasteiger partial charge < -0.3 is 18.8 Å². The van der Waals surface area contributed by atoms with Gasteiger partial charge in [0.25, 0.3) is 0 Å². The Labute approximate surface area is 240 Å². The summed E-state index contributed by atoms with van der Waals surface area (Å²) in [5, 5.41) is 0. The minimum absolute atomic E-state index is 0.169. The van der Waals surface area contributed by atoms with E-state index in [4.69, 9.17) is 19.2 Å². The largest absolute Gasteiger partial charge is 0.493 e. The van der Waals surface area contributed by atoms with Gasteiger partial charge in [-0.15, -0.1) is 0 Å². The van der Waals surface area contributed by atoms with Gasteiger partial charge in [-0.1, -0.05) is 62.4 Å². The Bertz CT molecular complexity index is 1510. The molecule has 1 aliphatic rings. The number of methoxy groups -OCH3 is 1. The first-order valence-corrected chi connectivity index (χ1v) is 14.2. The number of fused-ring (bicyclic) bond motifs is 3. The quantitative estimate of drug-likeness (QED) is 0.171. The molecule has 0 aliphatic carbocycles. The second kappa shape index (κ2) is 12.5. The van der Waals surface area contributed by atoms with Crippen LogP contribution in [0, 0.1) is 11.8 Å². The molecule has 0 spiro atoms. The van der Waals surface area contributed by atoms with Crippen LogP contribution in [0.25, 0.3) is 11.0 Å². The van der Waals surface area contributed by atoms with Gasteiger partial charge in [0.15, 0.2) is 17.4 Å². The number of carbonyl (C=O) groups excluding carboxylic acids is 2. The van der Waals surface area contributed by atoms with Crippen LogP contribution in [0.15, 0.2) is 72.8 Å². The van der Waals surface area contributed by atoms with E-state index in [1.807, 2.05) is 77.4 Å². The Morgan fingerprint density at radius 1 is 1.00 bits per heavy atom. The highest BCUT2D eigenvalue weighted by Gasteiger charge is 2.48. The van der Waals surface area contributed by atoms with Crippen LogP contribution < -0.4 is 14.4 Å². The van der Waals surface area contributed by atoms with E-state index < -0.39 is 17.9 Å². The van der Waals surface area contributed by atoms with Crippen molar-refractivity contribution in [3.63, 3.8) is 0 Å². The highest BCUT2D eigenvalue weighted by atomic mass is 16.5. The van der Waals surface area contributed by atoms with Gasteiger partial charge in [0, 0.05) is 6.54 Å². The van der Waals surface area contributed by atoms with Crippen LogP contribution in [-0.2, 0) is 20.7 Å². The second-order valence-corrected chi connectivity index (χ2v) is 10.6. The van der Waals surface area contributed by atoms with Gasteiger partial charge in [-0.3, -0.25) is 14.5 Å². The van der Waals surface area contributed by atoms with E-state index in [9.17, 15) is 9.59 Å². The fraction of sp³-hybridized carbons (Fsp3) is 0.364. The van der Waals surface area contributed by atoms with E-state index in [0.717, 1.165) is 28.6 Å². The van der Waals surface area contributed by atoms with Crippen molar-refractivity contribution >= 4 is 28.9 Å². The number of esters is 1. The molecule has 8 heteroatoms. The highest BCUT2D eigenvalue weighted by molar-refractivity contribution is 6.08. The third-order valence-electron chi connectivity index (χ3n) is 7.43. The normalized spacial score (nSPS) is 16.6. The number of aromatic nitrogens is 2. The van der Waals surface area contributed by atoms with Gasteiger partial charge in [0.1, 0.15) is 0 Å². The number of ether oxygens (including phenoxy) is 3. The number of hydrogen-bond donors (Lipinski definition) is 0. The lowest BCUT2D eigenvalue weighted by Gasteiger charge is -2.38. The topological polar surface area (TPSA) is 82.9 Å². The highest BCUT2D eigenvalue weighted by Crippen LogP contribution is 2.43. The third-order valence-corrected chi connectivity index (χ3v) is 7.43. The first kappa shape index (κ1) is 28.2. The van der Waals surface area contributed by atoms with Gasteiger partial charge in [-0.2, -0.15) is 0 Å². The Balaban J connectivity index is 1.62. The van der Waals surface area contributed by atoms with E-state index in [-0.39, 0.29) is 12.5 Å². The zero-order chi connectivity index (χ0) is 28.9. The van der Waals surface area contributed by atoms with Crippen molar-refractivity contribution in [2.75, 3.05) is 31.8 Å². The molecular formula is C33H37N3O5. The SMILES string of the molecule is CCOC(=O)[C@H]1C(=O)N(CCc2ccccc2)c2nc3ccccc3n2[C@H]1c1ccc(OCCC(C)C)c(OC)c1. The summed E-state index contributed by atoms with van der Waals surface area (Å²) in [6.45, 7) is 7.15. The Morgan fingerprint density at radius 3 is 2.49 bits per heavy atom. The van der Waals surface area contributed by atoms with Crippen LogP contribution in [0.2, 0.25) is 0 Å². The second-order valence-electron chi connectivity index (χ2n) is 10.6. The maximum atomic E-state index is 14.2. The number of para-hydroxylation sites is 2. The molecule has 2 atom stereocenters. The summed E-state index contributed by atoms with van der Waals surface area (Å²) in [5.41, 5.74) is 3.40. The molecule has 0 saturated carbocycles. The molecule has 0 unspecified atom stereocenters. The molecule has 214 valence electrons. The number of carbonyl (C=O) groups is 2. The van der Waals surface area contributed by atoms with Crippen LogP contribution in [-0.4, -0.2) is 48.3 Å². The fourth-order valence-corrected chi connectivity index (χ4v) is 5.34. The Morgan fingerprint density at radius 2 is 1.76 bits per heavy atom. The lowest BCUT2D eigenvalue weighted by atomic mass is 9.89. The fourth-order valence-electron chi connectivity index (χ4n) is 5.34. The summed E-state index contributed by atoms with van der Waals surface area (Å²) >= 11 is 0. The molecular weight excluding hydrogens is 518 g/mol. The van der Waals surface area contributed by atoms with Gasteiger partial charge in [0.05, 0.1) is 37.4 Å². The van der Waals surface area contributed by atoms with Gasteiger partial charge in [-0.05, 0) is 61.1 Å². The van der Waals surface area contributed by atoms with Crippen LogP contribution >= 0.6 is 0 Å². The molecule has 0 radical (unpaired) electrons. The van der Waals surface area contributed by atoms with Crippen molar-refractivity contribution in [1.29, 1.82) is 0 Å². The predicted octanol–water partition coefficient (Wildman–Crippen LogP) is 5.83. The van der Waals surface area contributed by atoms with Crippen LogP contribution in [0.3, 0.4) is 0 Å². The number of nitrogens with zero attached hydrogens (tertiary/aromatic N) is 3. The molecule has 8 nitrogen and oxygen atoms in total. The molecule has 4 aromatic rings. The van der Waals surface area contributed by atoms with Crippen molar-refractivity contribution < 1.29 is 23.8 Å². The van der Waals surface area contributed by atoms with E-state index in [1.165, 1.54) is 0 Å². The lowest BCUT2D eigenvalue weighted by molar-refractivity contribution is -0.153. The van der Waals surface area contributed by atoms with Gasteiger partial charge in [-0.25, -0.2) is 4.98 Å². The van der Waals surface area contributed by atoms with Gasteiger partial charge >= 0.3 is 5.97 Å². The monoisotopic (exact) mass is 555 g/mol. The number of rotatable bonds is 11. The molecule has 41 heavy (non-hydrogen) atoms. The number of imidazole rings is 1. The maximum Gasteiger partial charge on any atom is 0.321 e. The summed E-state index contributed by atoms with van der Waals surface area (Å²) < 4.78 is 19.2. The summed E-state index contributed by atoms with van der Waals surface area (Å²) in [7, 11) is 1.59. The molecule has 0 N–H and O–H groups in total. The Kier molecular flexibility index (Phi) is 8.57. The van der Waals surface area contributed by atoms with Crippen molar-refractivity contribution in [2.24, 2.45) is 11.8 Å². The number of benzene rings is 3. The number of anilines is 1. The first-order chi connectivity index (χ1) is 19.9. The first-order valence-electron chi connectivity index (χ1n) is 14.2. The molecule has 1 amide bonds. The zero-order valence-electron chi connectivity index (χ0n) is 24.1. The summed E-state index contributed by atoms with van der Waals surface area (Å²) in [6.07, 6.45) is 1.53. The lowest BCUT2D eigenvalue weighted by Crippen LogP contribution is -2.50. The van der Waals surface area contributed by atoms with E-state index in [0.29, 0.717) is 42.9 Å². The minimum Gasteiger partial charge on any atom is -0.493 e. The third kappa shape index (κ3) is 5.78. The van der Waals surface area contributed by atoms with E-state index in [1.54, 1.807) is 18.9 Å². The number of amides is 1. The van der Waals surface area contributed by atoms with Crippen molar-refractivity contribution in [1.82, 2.24) is 9.55 Å². The molecule has 5 rings (SSSR count). The van der Waals surface area contributed by atoms with Crippen LogP contribution in [0.5, 0.6) is 11.5 Å². The smallest absolute Gasteiger partial charge is 0.321 e. The summed E-state index contributed by atoms with van der Waals surface area (Å²) in [5.74, 6) is 0.180. The summed E-state index contributed by atoms with van der Waals surface area (Å²) in [6, 6.07) is 22.6. The molecule has 1 aliphatic heterocycles. The predicted molar refractivity (Wildman–Crippen MR) is 158 cm³/mol. The van der Waals surface area contributed by atoms with Crippen molar-refractivity contribution in [3.05, 3.63) is 83.9 Å². The van der Waals surface area contributed by atoms with E-state index in [2.05, 4.69) is 13.8 Å².